The smallest absolute Gasteiger partial charge is 0.0896 e. The lowest BCUT2D eigenvalue weighted by atomic mass is 9.93. The molecule has 2 unspecified atom stereocenters. The molecular formula is C17H28N2O2. The van der Waals surface area contributed by atoms with E-state index in [1.165, 1.54) is 11.1 Å². The zero-order chi connectivity index (χ0) is 15.1. The Hall–Kier alpha value is -0.940. The number of rotatable bonds is 7. The summed E-state index contributed by atoms with van der Waals surface area (Å²) in [5, 5.41) is 3.27. The van der Waals surface area contributed by atoms with E-state index in [4.69, 9.17) is 9.47 Å². The molecule has 1 heterocycles. The molecule has 2 rings (SSSR count). The van der Waals surface area contributed by atoms with E-state index in [0.29, 0.717) is 12.6 Å². The molecule has 0 aromatic heterocycles. The second-order valence-electron chi connectivity index (χ2n) is 5.58. The Bertz CT molecular complexity index is 407. The molecular weight excluding hydrogens is 264 g/mol. The van der Waals surface area contributed by atoms with Crippen LogP contribution in [0.3, 0.4) is 0 Å². The molecule has 1 aromatic carbocycles. The summed E-state index contributed by atoms with van der Waals surface area (Å²) in [6.45, 7) is 6.68. The number of hydrogen-bond donors (Lipinski definition) is 1. The summed E-state index contributed by atoms with van der Waals surface area (Å²) in [7, 11) is 3.74. The van der Waals surface area contributed by atoms with Crippen molar-refractivity contribution in [2.75, 3.05) is 40.4 Å². The van der Waals surface area contributed by atoms with Crippen LogP contribution in [0, 0.1) is 0 Å². The van der Waals surface area contributed by atoms with Crippen LogP contribution in [0.15, 0.2) is 24.3 Å². The summed E-state index contributed by atoms with van der Waals surface area (Å²) in [5.41, 5.74) is 2.60. The Morgan fingerprint density at radius 3 is 2.90 bits per heavy atom. The first-order valence-corrected chi connectivity index (χ1v) is 7.88. The predicted octanol–water partition coefficient (Wildman–Crippen LogP) is 2.20. The number of hydrogen-bond acceptors (Lipinski definition) is 4. The highest BCUT2D eigenvalue weighted by molar-refractivity contribution is 5.31. The first kappa shape index (κ1) is 16.4. The van der Waals surface area contributed by atoms with Gasteiger partial charge in [-0.25, -0.2) is 0 Å². The zero-order valence-corrected chi connectivity index (χ0v) is 13.5. The fourth-order valence-electron chi connectivity index (χ4n) is 3.20. The van der Waals surface area contributed by atoms with Gasteiger partial charge in [-0.2, -0.15) is 0 Å². The third kappa shape index (κ3) is 4.04. The van der Waals surface area contributed by atoms with E-state index >= 15 is 0 Å². The van der Waals surface area contributed by atoms with Gasteiger partial charge >= 0.3 is 0 Å². The maximum atomic E-state index is 6.05. The van der Waals surface area contributed by atoms with E-state index in [2.05, 4.69) is 41.4 Å². The fourth-order valence-corrected chi connectivity index (χ4v) is 3.20. The van der Waals surface area contributed by atoms with Gasteiger partial charge in [0.05, 0.1) is 25.4 Å². The van der Waals surface area contributed by atoms with Gasteiger partial charge in [-0.05, 0) is 31.1 Å². The van der Waals surface area contributed by atoms with Crippen molar-refractivity contribution in [3.05, 3.63) is 35.4 Å². The van der Waals surface area contributed by atoms with E-state index in [0.717, 1.165) is 32.7 Å². The first-order valence-electron chi connectivity index (χ1n) is 7.88. The van der Waals surface area contributed by atoms with Gasteiger partial charge in [0.2, 0.25) is 0 Å². The summed E-state index contributed by atoms with van der Waals surface area (Å²) in [5.74, 6) is 0. The quantitative estimate of drug-likeness (QED) is 0.835. The number of nitrogens with one attached hydrogen (secondary N) is 1. The lowest BCUT2D eigenvalue weighted by Gasteiger charge is -2.42. The van der Waals surface area contributed by atoms with E-state index < -0.39 is 0 Å². The summed E-state index contributed by atoms with van der Waals surface area (Å²) < 4.78 is 11.4. The average molecular weight is 292 g/mol. The molecule has 2 atom stereocenters. The maximum Gasteiger partial charge on any atom is 0.0896 e. The van der Waals surface area contributed by atoms with Crippen LogP contribution in [0.25, 0.3) is 0 Å². The van der Waals surface area contributed by atoms with Crippen molar-refractivity contribution in [2.24, 2.45) is 0 Å². The SMILES string of the molecule is CCCN1CCOC(CNC)C1c1ccccc1COC. The fraction of sp³-hybridized carbons (Fsp3) is 0.647. The van der Waals surface area contributed by atoms with Gasteiger partial charge in [-0.3, -0.25) is 4.90 Å². The molecule has 1 saturated heterocycles. The van der Waals surface area contributed by atoms with E-state index in [9.17, 15) is 0 Å². The molecule has 0 aliphatic carbocycles. The Labute approximate surface area is 128 Å². The van der Waals surface area contributed by atoms with Crippen molar-refractivity contribution < 1.29 is 9.47 Å². The Balaban J connectivity index is 2.32. The van der Waals surface area contributed by atoms with Crippen LogP contribution < -0.4 is 5.32 Å². The van der Waals surface area contributed by atoms with Crippen LogP contribution in [0.2, 0.25) is 0 Å². The minimum atomic E-state index is 0.188. The second-order valence-corrected chi connectivity index (χ2v) is 5.58. The molecule has 1 fully saturated rings. The number of ether oxygens (including phenoxy) is 2. The van der Waals surface area contributed by atoms with Crippen molar-refractivity contribution in [1.82, 2.24) is 10.2 Å². The van der Waals surface area contributed by atoms with Gasteiger partial charge in [-0.15, -0.1) is 0 Å². The molecule has 0 saturated carbocycles. The largest absolute Gasteiger partial charge is 0.380 e. The summed E-state index contributed by atoms with van der Waals surface area (Å²) >= 11 is 0. The zero-order valence-electron chi connectivity index (χ0n) is 13.5. The molecule has 0 radical (unpaired) electrons. The van der Waals surface area contributed by atoms with Crippen LogP contribution in [0.1, 0.15) is 30.5 Å². The monoisotopic (exact) mass is 292 g/mol. The third-order valence-corrected chi connectivity index (χ3v) is 4.05. The van der Waals surface area contributed by atoms with Gasteiger partial charge < -0.3 is 14.8 Å². The number of benzene rings is 1. The number of methoxy groups -OCH3 is 1. The molecule has 1 aliphatic heterocycles. The lowest BCUT2D eigenvalue weighted by Crippen LogP contribution is -2.49. The van der Waals surface area contributed by atoms with Crippen LogP contribution in [0.5, 0.6) is 0 Å². The van der Waals surface area contributed by atoms with Crippen molar-refractivity contribution in [2.45, 2.75) is 32.1 Å². The topological polar surface area (TPSA) is 33.7 Å². The predicted molar refractivity (Wildman–Crippen MR) is 85.4 cm³/mol. The van der Waals surface area contributed by atoms with Gasteiger partial charge in [0.25, 0.3) is 0 Å². The summed E-state index contributed by atoms with van der Waals surface area (Å²) in [6, 6.07) is 8.88. The number of likely N-dealkylation sites (N-methyl/N-ethyl adjacent to an activating group) is 1. The van der Waals surface area contributed by atoms with Crippen LogP contribution in [-0.2, 0) is 16.1 Å². The van der Waals surface area contributed by atoms with E-state index in [1.54, 1.807) is 7.11 Å². The standard InChI is InChI=1S/C17H28N2O2/c1-4-9-19-10-11-21-16(12-18-2)17(19)15-8-6-5-7-14(15)13-20-3/h5-8,16-18H,4,9-13H2,1-3H3. The van der Waals surface area contributed by atoms with Gasteiger partial charge in [-0.1, -0.05) is 31.2 Å². The molecule has 1 aliphatic rings. The van der Waals surface area contributed by atoms with E-state index in [-0.39, 0.29) is 6.10 Å². The highest BCUT2D eigenvalue weighted by atomic mass is 16.5. The van der Waals surface area contributed by atoms with E-state index in [1.807, 2.05) is 7.05 Å². The molecule has 0 amide bonds. The Kier molecular flexibility index (Phi) is 6.64. The van der Waals surface area contributed by atoms with Crippen LogP contribution in [-0.4, -0.2) is 51.4 Å². The Morgan fingerprint density at radius 1 is 1.38 bits per heavy atom. The van der Waals surface area contributed by atoms with Gasteiger partial charge in [0.15, 0.2) is 0 Å². The highest BCUT2D eigenvalue weighted by Crippen LogP contribution is 2.32. The molecule has 118 valence electrons. The van der Waals surface area contributed by atoms with Crippen molar-refractivity contribution in [3.63, 3.8) is 0 Å². The second kappa shape index (κ2) is 8.49. The molecule has 21 heavy (non-hydrogen) atoms. The summed E-state index contributed by atoms with van der Waals surface area (Å²) in [4.78, 5) is 2.56. The van der Waals surface area contributed by atoms with Gasteiger partial charge in [0.1, 0.15) is 0 Å². The van der Waals surface area contributed by atoms with Crippen molar-refractivity contribution in [1.29, 1.82) is 0 Å². The first-order chi connectivity index (χ1) is 10.3. The lowest BCUT2D eigenvalue weighted by molar-refractivity contribution is -0.0709. The molecule has 0 bridgehead atoms. The van der Waals surface area contributed by atoms with Crippen LogP contribution in [0.4, 0.5) is 0 Å². The molecule has 4 heteroatoms. The summed E-state index contributed by atoms with van der Waals surface area (Å²) in [6.07, 6.45) is 1.35. The highest BCUT2D eigenvalue weighted by Gasteiger charge is 2.33. The maximum absolute atomic E-state index is 6.05. The Morgan fingerprint density at radius 2 is 2.19 bits per heavy atom. The molecule has 4 nitrogen and oxygen atoms in total. The van der Waals surface area contributed by atoms with Gasteiger partial charge in [0, 0.05) is 20.2 Å². The van der Waals surface area contributed by atoms with Crippen LogP contribution >= 0.6 is 0 Å². The minimum absolute atomic E-state index is 0.188. The number of nitrogens with zero attached hydrogens (tertiary/aromatic N) is 1. The van der Waals surface area contributed by atoms with Crippen molar-refractivity contribution in [3.8, 4) is 0 Å². The number of morpholine rings is 1. The van der Waals surface area contributed by atoms with Crippen molar-refractivity contribution >= 4 is 0 Å². The normalized spacial score (nSPS) is 23.4. The molecule has 0 spiro atoms. The molecule has 1 N–H and O–H groups in total. The third-order valence-electron chi connectivity index (χ3n) is 4.05. The molecule has 1 aromatic rings. The minimum Gasteiger partial charge on any atom is -0.380 e. The average Bonchev–Trinajstić information content (AvgIpc) is 2.50.